The molecule has 0 radical (unpaired) electrons. The fourth-order valence-corrected chi connectivity index (χ4v) is 4.26. The van der Waals surface area contributed by atoms with Crippen LogP contribution in [0.2, 0.25) is 0 Å². The molecule has 0 bridgehead atoms. The number of H-pyrrole nitrogens is 2. The maximum atomic E-state index is 11.7. The SMILES string of the molecule is CCc1cc(Br)c(CN2Cc3[nH]c(=O)[nH]c(=O)c3C2)s1. The lowest BCUT2D eigenvalue weighted by Crippen LogP contribution is -2.25. The molecule has 2 N–H and O–H groups in total. The number of hydrogen-bond donors (Lipinski definition) is 2. The van der Waals surface area contributed by atoms with Crippen molar-refractivity contribution in [1.29, 1.82) is 0 Å². The van der Waals surface area contributed by atoms with Crippen LogP contribution in [0.1, 0.15) is 27.9 Å². The van der Waals surface area contributed by atoms with Gasteiger partial charge in [-0.15, -0.1) is 11.3 Å². The van der Waals surface area contributed by atoms with E-state index < -0.39 is 5.69 Å². The van der Waals surface area contributed by atoms with Gasteiger partial charge in [0.2, 0.25) is 0 Å². The first-order valence-corrected chi connectivity index (χ1v) is 8.01. The van der Waals surface area contributed by atoms with Gasteiger partial charge in [-0.3, -0.25) is 14.7 Å². The van der Waals surface area contributed by atoms with Crippen molar-refractivity contribution < 1.29 is 0 Å². The van der Waals surface area contributed by atoms with Gasteiger partial charge in [0.25, 0.3) is 5.56 Å². The van der Waals surface area contributed by atoms with E-state index in [0.29, 0.717) is 18.7 Å². The molecule has 20 heavy (non-hydrogen) atoms. The van der Waals surface area contributed by atoms with Crippen LogP contribution in [0.15, 0.2) is 20.1 Å². The van der Waals surface area contributed by atoms with Gasteiger partial charge in [0.05, 0.1) is 5.56 Å². The normalized spacial score (nSPS) is 14.7. The second-order valence-electron chi connectivity index (χ2n) is 4.85. The molecule has 0 fully saturated rings. The molecule has 3 heterocycles. The highest BCUT2D eigenvalue weighted by molar-refractivity contribution is 9.10. The zero-order valence-corrected chi connectivity index (χ0v) is 13.4. The lowest BCUT2D eigenvalue weighted by atomic mass is 10.3. The van der Waals surface area contributed by atoms with Gasteiger partial charge in [0.15, 0.2) is 0 Å². The second-order valence-corrected chi connectivity index (χ2v) is 6.92. The van der Waals surface area contributed by atoms with Crippen molar-refractivity contribution in [2.24, 2.45) is 0 Å². The number of hydrogen-bond acceptors (Lipinski definition) is 4. The van der Waals surface area contributed by atoms with Gasteiger partial charge in [0, 0.05) is 39.6 Å². The predicted octanol–water partition coefficient (Wildman–Crippen LogP) is 1.97. The molecule has 0 aliphatic carbocycles. The summed E-state index contributed by atoms with van der Waals surface area (Å²) in [6.07, 6.45) is 1.02. The summed E-state index contributed by atoms with van der Waals surface area (Å²) in [4.78, 5) is 32.8. The summed E-state index contributed by atoms with van der Waals surface area (Å²) in [5.74, 6) is 0. The summed E-state index contributed by atoms with van der Waals surface area (Å²) >= 11 is 5.37. The van der Waals surface area contributed by atoms with Crippen molar-refractivity contribution in [3.8, 4) is 0 Å². The molecule has 7 heteroatoms. The molecule has 0 saturated heterocycles. The minimum Gasteiger partial charge on any atom is -0.310 e. The number of aromatic nitrogens is 2. The average molecular weight is 356 g/mol. The highest BCUT2D eigenvalue weighted by atomic mass is 79.9. The first kappa shape index (κ1) is 13.8. The second kappa shape index (κ2) is 5.31. The van der Waals surface area contributed by atoms with Crippen LogP contribution >= 0.6 is 27.3 Å². The number of aryl methyl sites for hydroxylation is 1. The average Bonchev–Trinajstić information content (AvgIpc) is 2.94. The molecule has 0 atom stereocenters. The first-order chi connectivity index (χ1) is 9.56. The molecular weight excluding hydrogens is 342 g/mol. The van der Waals surface area contributed by atoms with Crippen molar-refractivity contribution in [1.82, 2.24) is 14.9 Å². The Morgan fingerprint density at radius 3 is 2.85 bits per heavy atom. The van der Waals surface area contributed by atoms with Crippen molar-refractivity contribution in [2.75, 3.05) is 0 Å². The van der Waals surface area contributed by atoms with E-state index in [1.54, 1.807) is 11.3 Å². The van der Waals surface area contributed by atoms with Gasteiger partial charge >= 0.3 is 5.69 Å². The van der Waals surface area contributed by atoms with Crippen LogP contribution in [0.5, 0.6) is 0 Å². The van der Waals surface area contributed by atoms with E-state index in [-0.39, 0.29) is 5.56 Å². The van der Waals surface area contributed by atoms with Gasteiger partial charge in [-0.25, -0.2) is 4.79 Å². The molecule has 5 nitrogen and oxygen atoms in total. The molecule has 0 saturated carbocycles. The molecule has 0 unspecified atom stereocenters. The summed E-state index contributed by atoms with van der Waals surface area (Å²) < 4.78 is 1.12. The summed E-state index contributed by atoms with van der Waals surface area (Å²) in [5.41, 5.74) is 0.710. The van der Waals surface area contributed by atoms with E-state index >= 15 is 0 Å². The zero-order valence-electron chi connectivity index (χ0n) is 11.0. The summed E-state index contributed by atoms with van der Waals surface area (Å²) in [6.45, 7) is 4.10. The first-order valence-electron chi connectivity index (χ1n) is 6.40. The zero-order chi connectivity index (χ0) is 14.3. The van der Waals surface area contributed by atoms with E-state index in [4.69, 9.17) is 0 Å². The quantitative estimate of drug-likeness (QED) is 0.884. The highest BCUT2D eigenvalue weighted by Crippen LogP contribution is 2.30. The lowest BCUT2D eigenvalue weighted by molar-refractivity contribution is 0.275. The number of rotatable bonds is 3. The summed E-state index contributed by atoms with van der Waals surface area (Å²) in [6, 6.07) is 2.15. The van der Waals surface area contributed by atoms with Crippen molar-refractivity contribution in [2.45, 2.75) is 33.0 Å². The molecule has 1 aliphatic rings. The van der Waals surface area contributed by atoms with Gasteiger partial charge in [-0.2, -0.15) is 0 Å². The predicted molar refractivity (Wildman–Crippen MR) is 82.0 cm³/mol. The highest BCUT2D eigenvalue weighted by Gasteiger charge is 2.24. The Hall–Kier alpha value is -1.18. The molecule has 0 aromatic carbocycles. The summed E-state index contributed by atoms with van der Waals surface area (Å²) in [7, 11) is 0. The minimum atomic E-state index is -0.429. The Morgan fingerprint density at radius 1 is 1.35 bits per heavy atom. The largest absolute Gasteiger partial charge is 0.325 e. The van der Waals surface area contributed by atoms with Crippen molar-refractivity contribution >= 4 is 27.3 Å². The van der Waals surface area contributed by atoms with Crippen LogP contribution in [0.25, 0.3) is 0 Å². The number of thiophene rings is 1. The van der Waals surface area contributed by atoms with Gasteiger partial charge in [-0.05, 0) is 28.4 Å². The molecule has 1 aliphatic heterocycles. The van der Waals surface area contributed by atoms with Crippen molar-refractivity contribution in [3.05, 3.63) is 52.4 Å². The molecule has 0 spiro atoms. The number of halogens is 1. The Bertz CT molecular complexity index is 762. The van der Waals surface area contributed by atoms with Gasteiger partial charge in [0.1, 0.15) is 0 Å². The number of fused-ring (bicyclic) bond motifs is 1. The molecule has 2 aromatic rings. The van der Waals surface area contributed by atoms with Gasteiger partial charge < -0.3 is 4.98 Å². The number of aromatic amines is 2. The smallest absolute Gasteiger partial charge is 0.310 e. The fourth-order valence-electron chi connectivity index (χ4n) is 2.42. The lowest BCUT2D eigenvalue weighted by Gasteiger charge is -2.13. The third-order valence-electron chi connectivity index (χ3n) is 3.42. The van der Waals surface area contributed by atoms with E-state index in [9.17, 15) is 9.59 Å². The van der Waals surface area contributed by atoms with Crippen LogP contribution in [-0.4, -0.2) is 14.9 Å². The Labute approximate surface area is 127 Å². The number of nitrogens with one attached hydrogen (secondary N) is 2. The molecular formula is C13H14BrN3O2S. The van der Waals surface area contributed by atoms with Crippen LogP contribution in [-0.2, 0) is 26.1 Å². The van der Waals surface area contributed by atoms with Crippen LogP contribution in [0.4, 0.5) is 0 Å². The molecule has 0 amide bonds. The topological polar surface area (TPSA) is 69.0 Å². The Kier molecular flexibility index (Phi) is 3.66. The third kappa shape index (κ3) is 2.53. The van der Waals surface area contributed by atoms with E-state index in [1.165, 1.54) is 9.75 Å². The maximum absolute atomic E-state index is 11.7. The standard InChI is InChI=1S/C13H14BrN3O2S/c1-2-7-3-9(14)11(20-7)6-17-4-8-10(5-17)15-13(19)16-12(8)18/h3H,2,4-6H2,1H3,(H2,15,16,18,19). The van der Waals surface area contributed by atoms with Crippen LogP contribution < -0.4 is 11.2 Å². The summed E-state index contributed by atoms with van der Waals surface area (Å²) in [5, 5.41) is 0. The molecule has 3 rings (SSSR count). The number of nitrogens with zero attached hydrogens (tertiary/aromatic N) is 1. The third-order valence-corrected chi connectivity index (χ3v) is 5.65. The Balaban J connectivity index is 1.82. The Morgan fingerprint density at radius 2 is 2.15 bits per heavy atom. The fraction of sp³-hybridized carbons (Fsp3) is 0.385. The van der Waals surface area contributed by atoms with Gasteiger partial charge in [-0.1, -0.05) is 6.92 Å². The van der Waals surface area contributed by atoms with E-state index in [1.807, 2.05) is 0 Å². The van der Waals surface area contributed by atoms with Crippen LogP contribution in [0.3, 0.4) is 0 Å². The van der Waals surface area contributed by atoms with Crippen molar-refractivity contribution in [3.63, 3.8) is 0 Å². The molecule has 2 aromatic heterocycles. The maximum Gasteiger partial charge on any atom is 0.325 e. The van der Waals surface area contributed by atoms with Crippen LogP contribution in [0, 0.1) is 0 Å². The minimum absolute atomic E-state index is 0.272. The van der Waals surface area contributed by atoms with E-state index in [0.717, 1.165) is 23.1 Å². The van der Waals surface area contributed by atoms with E-state index in [2.05, 4.69) is 43.8 Å². The monoisotopic (exact) mass is 355 g/mol. The molecule has 106 valence electrons.